The van der Waals surface area contributed by atoms with Gasteiger partial charge in [0, 0.05) is 12.2 Å². The third kappa shape index (κ3) is 2.10. The van der Waals surface area contributed by atoms with Crippen LogP contribution in [0.5, 0.6) is 0 Å². The molecule has 1 fully saturated rings. The summed E-state index contributed by atoms with van der Waals surface area (Å²) >= 11 is 0. The molecule has 0 bridgehead atoms. The molecule has 1 aliphatic carbocycles. The lowest BCUT2D eigenvalue weighted by atomic mass is 10.1. The van der Waals surface area contributed by atoms with E-state index in [0.29, 0.717) is 5.92 Å². The molecule has 1 aromatic rings. The third-order valence-electron chi connectivity index (χ3n) is 2.58. The maximum absolute atomic E-state index is 5.56. The predicted molar refractivity (Wildman–Crippen MR) is 52.4 cm³/mol. The van der Waals surface area contributed by atoms with E-state index < -0.39 is 0 Å². The quantitative estimate of drug-likeness (QED) is 0.758. The molecule has 72 valence electrons. The topological polar surface area (TPSA) is 43.8 Å². The van der Waals surface area contributed by atoms with Crippen LogP contribution in [-0.2, 0) is 6.42 Å². The summed E-state index contributed by atoms with van der Waals surface area (Å²) < 4.78 is 2.23. The molecule has 0 spiro atoms. The highest BCUT2D eigenvalue weighted by Gasteiger charge is 2.23. The zero-order valence-corrected chi connectivity index (χ0v) is 8.11. The second-order valence-corrected chi connectivity index (χ2v) is 4.09. The van der Waals surface area contributed by atoms with Crippen LogP contribution in [0.4, 0.5) is 0 Å². The van der Waals surface area contributed by atoms with Gasteiger partial charge in [-0.3, -0.25) is 0 Å². The van der Waals surface area contributed by atoms with Crippen LogP contribution < -0.4 is 5.73 Å². The van der Waals surface area contributed by atoms with Gasteiger partial charge in [0.05, 0.1) is 12.0 Å². The first kappa shape index (κ1) is 8.75. The van der Waals surface area contributed by atoms with Crippen LogP contribution in [0.1, 0.15) is 31.5 Å². The van der Waals surface area contributed by atoms with Gasteiger partial charge in [0.15, 0.2) is 0 Å². The molecular weight excluding hydrogens is 162 g/mol. The molecule has 0 amide bonds. The highest BCUT2D eigenvalue weighted by molar-refractivity contribution is 5.01. The monoisotopic (exact) mass is 179 g/mol. The van der Waals surface area contributed by atoms with Crippen LogP contribution in [-0.4, -0.2) is 16.1 Å². The van der Waals surface area contributed by atoms with E-state index in [1.807, 2.05) is 6.33 Å². The minimum atomic E-state index is 0.544. The van der Waals surface area contributed by atoms with Crippen molar-refractivity contribution in [2.45, 2.75) is 32.2 Å². The molecule has 1 atom stereocenters. The molecule has 3 nitrogen and oxygen atoms in total. The fourth-order valence-corrected chi connectivity index (χ4v) is 1.50. The molecule has 0 radical (unpaired) electrons. The van der Waals surface area contributed by atoms with Gasteiger partial charge in [0.25, 0.3) is 0 Å². The van der Waals surface area contributed by atoms with Crippen molar-refractivity contribution in [3.63, 3.8) is 0 Å². The van der Waals surface area contributed by atoms with Gasteiger partial charge in [-0.1, -0.05) is 6.92 Å². The van der Waals surface area contributed by atoms with E-state index in [2.05, 4.69) is 22.7 Å². The average molecular weight is 179 g/mol. The van der Waals surface area contributed by atoms with Gasteiger partial charge < -0.3 is 10.3 Å². The zero-order chi connectivity index (χ0) is 9.26. The number of aromatic nitrogens is 2. The average Bonchev–Trinajstić information content (AvgIpc) is 2.88. The summed E-state index contributed by atoms with van der Waals surface area (Å²) in [6, 6.07) is 0.745. The smallest absolute Gasteiger partial charge is 0.0951 e. The summed E-state index contributed by atoms with van der Waals surface area (Å²) in [4.78, 5) is 4.37. The van der Waals surface area contributed by atoms with Crippen molar-refractivity contribution in [3.05, 3.63) is 18.2 Å². The molecule has 1 aliphatic rings. The van der Waals surface area contributed by atoms with Gasteiger partial charge in [-0.05, 0) is 31.7 Å². The first-order chi connectivity index (χ1) is 6.29. The number of hydrogen-bond acceptors (Lipinski definition) is 2. The summed E-state index contributed by atoms with van der Waals surface area (Å²) in [5.41, 5.74) is 6.75. The molecule has 0 saturated heterocycles. The Balaban J connectivity index is 1.96. The van der Waals surface area contributed by atoms with Gasteiger partial charge in [0.2, 0.25) is 0 Å². The molecule has 1 saturated carbocycles. The van der Waals surface area contributed by atoms with Gasteiger partial charge in [0.1, 0.15) is 0 Å². The first-order valence-corrected chi connectivity index (χ1v) is 5.02. The van der Waals surface area contributed by atoms with E-state index in [4.69, 9.17) is 5.73 Å². The van der Waals surface area contributed by atoms with Crippen molar-refractivity contribution in [2.75, 3.05) is 6.54 Å². The van der Waals surface area contributed by atoms with E-state index in [9.17, 15) is 0 Å². The Kier molecular flexibility index (Phi) is 2.36. The van der Waals surface area contributed by atoms with Crippen molar-refractivity contribution in [2.24, 2.45) is 11.7 Å². The van der Waals surface area contributed by atoms with Crippen molar-refractivity contribution >= 4 is 0 Å². The lowest BCUT2D eigenvalue weighted by molar-refractivity contribution is 0.585. The Morgan fingerprint density at radius 2 is 2.46 bits per heavy atom. The predicted octanol–water partition coefficient (Wildman–Crippen LogP) is 1.36. The van der Waals surface area contributed by atoms with Crippen LogP contribution in [0, 0.1) is 5.92 Å². The SMILES string of the molecule is CC(CN)Cc1cn(C2CC2)cn1. The fourth-order valence-electron chi connectivity index (χ4n) is 1.50. The van der Waals surface area contributed by atoms with Gasteiger partial charge in [-0.25, -0.2) is 4.98 Å². The Morgan fingerprint density at radius 1 is 1.69 bits per heavy atom. The minimum Gasteiger partial charge on any atom is -0.334 e. The van der Waals surface area contributed by atoms with Crippen molar-refractivity contribution in [3.8, 4) is 0 Å². The maximum atomic E-state index is 5.56. The summed E-state index contributed by atoms with van der Waals surface area (Å²) in [6.07, 6.45) is 7.78. The second-order valence-electron chi connectivity index (χ2n) is 4.09. The van der Waals surface area contributed by atoms with Gasteiger partial charge in [-0.2, -0.15) is 0 Å². The Hall–Kier alpha value is -0.830. The van der Waals surface area contributed by atoms with Crippen molar-refractivity contribution in [1.29, 1.82) is 0 Å². The fraction of sp³-hybridized carbons (Fsp3) is 0.700. The Bertz CT molecular complexity index is 275. The lowest BCUT2D eigenvalue weighted by Crippen LogP contribution is -2.13. The largest absolute Gasteiger partial charge is 0.334 e. The third-order valence-corrected chi connectivity index (χ3v) is 2.58. The van der Waals surface area contributed by atoms with E-state index in [1.165, 1.54) is 18.5 Å². The Morgan fingerprint density at radius 3 is 3.08 bits per heavy atom. The number of imidazole rings is 1. The summed E-state index contributed by atoms with van der Waals surface area (Å²) in [7, 11) is 0. The van der Waals surface area contributed by atoms with Gasteiger partial charge in [-0.15, -0.1) is 0 Å². The highest BCUT2D eigenvalue weighted by atomic mass is 15.1. The molecule has 3 heteroatoms. The molecule has 1 heterocycles. The molecule has 1 unspecified atom stereocenters. The molecular formula is C10H17N3. The van der Waals surface area contributed by atoms with Crippen LogP contribution >= 0.6 is 0 Å². The van der Waals surface area contributed by atoms with E-state index in [0.717, 1.165) is 19.0 Å². The second kappa shape index (κ2) is 3.50. The van der Waals surface area contributed by atoms with E-state index in [1.54, 1.807) is 0 Å². The van der Waals surface area contributed by atoms with E-state index in [-0.39, 0.29) is 0 Å². The van der Waals surface area contributed by atoms with Crippen LogP contribution in [0.2, 0.25) is 0 Å². The number of hydrogen-bond donors (Lipinski definition) is 1. The maximum Gasteiger partial charge on any atom is 0.0951 e. The van der Waals surface area contributed by atoms with E-state index >= 15 is 0 Å². The lowest BCUT2D eigenvalue weighted by Gasteiger charge is -2.04. The molecule has 0 aliphatic heterocycles. The standard InChI is InChI=1S/C10H17N3/c1-8(5-11)4-9-6-13(7-12-9)10-2-3-10/h6-8,10H,2-5,11H2,1H3. The molecule has 1 aromatic heterocycles. The number of nitrogens with two attached hydrogens (primary N) is 1. The van der Waals surface area contributed by atoms with Crippen LogP contribution in [0.15, 0.2) is 12.5 Å². The zero-order valence-electron chi connectivity index (χ0n) is 8.11. The van der Waals surface area contributed by atoms with Gasteiger partial charge >= 0.3 is 0 Å². The molecule has 13 heavy (non-hydrogen) atoms. The number of rotatable bonds is 4. The van der Waals surface area contributed by atoms with Crippen LogP contribution in [0.3, 0.4) is 0 Å². The minimum absolute atomic E-state index is 0.544. The molecule has 0 aromatic carbocycles. The van der Waals surface area contributed by atoms with Crippen molar-refractivity contribution < 1.29 is 0 Å². The molecule has 2 N–H and O–H groups in total. The summed E-state index contributed by atoms with van der Waals surface area (Å²) in [5, 5.41) is 0. The molecule has 2 rings (SSSR count). The highest BCUT2D eigenvalue weighted by Crippen LogP contribution is 2.34. The van der Waals surface area contributed by atoms with Crippen molar-refractivity contribution in [1.82, 2.24) is 9.55 Å². The first-order valence-electron chi connectivity index (χ1n) is 5.02. The Labute approximate surface area is 79.0 Å². The number of nitrogens with zero attached hydrogens (tertiary/aromatic N) is 2. The van der Waals surface area contributed by atoms with Crippen LogP contribution in [0.25, 0.3) is 0 Å². The summed E-state index contributed by atoms with van der Waals surface area (Å²) in [5.74, 6) is 0.544. The normalized spacial score (nSPS) is 18.9. The summed E-state index contributed by atoms with van der Waals surface area (Å²) in [6.45, 7) is 2.91.